The van der Waals surface area contributed by atoms with E-state index in [1.165, 1.54) is 5.57 Å². The first kappa shape index (κ1) is 22.5. The fraction of sp³-hybridized carbons (Fsp3) is 0.320. The van der Waals surface area contributed by atoms with Crippen LogP contribution in [-0.4, -0.2) is 35.2 Å². The predicted molar refractivity (Wildman–Crippen MR) is 115 cm³/mol. The number of hydrogen-bond donors (Lipinski definition) is 1. The number of benzene rings is 2. The van der Waals surface area contributed by atoms with Crippen molar-refractivity contribution >= 4 is 0 Å². The molecule has 0 radical (unpaired) electrons. The molecule has 1 aliphatic carbocycles. The summed E-state index contributed by atoms with van der Waals surface area (Å²) in [5, 5.41) is 11.8. The van der Waals surface area contributed by atoms with Gasteiger partial charge in [0.15, 0.2) is 11.4 Å². The zero-order valence-corrected chi connectivity index (χ0v) is 19.6. The van der Waals surface area contributed by atoms with Crippen molar-refractivity contribution in [1.29, 1.82) is 0 Å². The third kappa shape index (κ3) is 4.02. The van der Waals surface area contributed by atoms with Gasteiger partial charge in [-0.2, -0.15) is 0 Å². The summed E-state index contributed by atoms with van der Waals surface area (Å²) in [4.78, 5) is 4.52. The molecule has 0 atom stereocenters. The molecular weight excluding hydrogens is 440 g/mol. The summed E-state index contributed by atoms with van der Waals surface area (Å²) in [5.74, 6) is 1.13. The molecule has 1 aromatic heterocycles. The number of hydrogen-bond acceptors (Lipinski definition) is 3. The standard InChI is InChI=1S/C25H29N2O2.BrH/c1-18(2)10-9-15-27(3,4)17-19-16-26-24(29-19)25(28)22-13-7-5-11-20(22)21-12-6-8-14-23(21)25;/h5-8,10-14,16,28H,9,15,17H2,1-4H3;1H/q+1;/p-1. The van der Waals surface area contributed by atoms with Gasteiger partial charge in [0.2, 0.25) is 5.89 Å². The number of aliphatic hydroxyl groups is 1. The van der Waals surface area contributed by atoms with Crippen LogP contribution in [0.15, 0.2) is 70.8 Å². The second-order valence-electron chi connectivity index (χ2n) is 8.82. The van der Waals surface area contributed by atoms with E-state index < -0.39 is 5.60 Å². The highest BCUT2D eigenvalue weighted by Gasteiger charge is 2.46. The van der Waals surface area contributed by atoms with E-state index in [4.69, 9.17) is 4.42 Å². The average Bonchev–Trinajstić information content (AvgIpc) is 3.24. The number of allylic oxidation sites excluding steroid dienone is 1. The van der Waals surface area contributed by atoms with E-state index >= 15 is 0 Å². The van der Waals surface area contributed by atoms with Crippen molar-refractivity contribution in [2.45, 2.75) is 32.4 Å². The fourth-order valence-electron chi connectivity index (χ4n) is 4.19. The molecule has 158 valence electrons. The molecule has 0 saturated carbocycles. The minimum Gasteiger partial charge on any atom is -1.00 e. The molecule has 1 aliphatic rings. The van der Waals surface area contributed by atoms with Crippen molar-refractivity contribution < 1.29 is 31.0 Å². The smallest absolute Gasteiger partial charge is 0.236 e. The van der Waals surface area contributed by atoms with Gasteiger partial charge < -0.3 is 31.0 Å². The molecule has 1 heterocycles. The molecule has 0 unspecified atom stereocenters. The second kappa shape index (κ2) is 8.50. The molecule has 0 fully saturated rings. The molecule has 0 spiro atoms. The highest BCUT2D eigenvalue weighted by atomic mass is 79.9. The molecule has 0 aliphatic heterocycles. The van der Waals surface area contributed by atoms with Gasteiger partial charge >= 0.3 is 0 Å². The molecule has 2 aromatic carbocycles. The second-order valence-corrected chi connectivity index (χ2v) is 8.82. The summed E-state index contributed by atoms with van der Waals surface area (Å²) in [7, 11) is 4.38. The quantitative estimate of drug-likeness (QED) is 0.443. The Bertz CT molecular complexity index is 1020. The summed E-state index contributed by atoms with van der Waals surface area (Å²) in [6.45, 7) is 5.99. The van der Waals surface area contributed by atoms with E-state index in [9.17, 15) is 5.11 Å². The van der Waals surface area contributed by atoms with Crippen molar-refractivity contribution in [2.24, 2.45) is 0 Å². The van der Waals surface area contributed by atoms with E-state index in [0.29, 0.717) is 5.89 Å². The molecular formula is C25H29BrN2O2. The number of quaternary nitrogens is 1. The average molecular weight is 469 g/mol. The number of halogens is 1. The van der Waals surface area contributed by atoms with Crippen molar-refractivity contribution in [3.05, 3.63) is 89.2 Å². The lowest BCUT2D eigenvalue weighted by molar-refractivity contribution is -0.904. The third-order valence-electron chi connectivity index (χ3n) is 5.66. The molecule has 4 nitrogen and oxygen atoms in total. The van der Waals surface area contributed by atoms with Gasteiger partial charge in [-0.3, -0.25) is 0 Å². The van der Waals surface area contributed by atoms with Crippen LogP contribution in [0.1, 0.15) is 43.0 Å². The Hall–Kier alpha value is -2.21. The molecule has 3 aromatic rings. The van der Waals surface area contributed by atoms with Crippen molar-refractivity contribution in [1.82, 2.24) is 4.98 Å². The third-order valence-corrected chi connectivity index (χ3v) is 5.66. The Kier molecular flexibility index (Phi) is 6.37. The van der Waals surface area contributed by atoms with Crippen LogP contribution in [0, 0.1) is 0 Å². The minimum atomic E-state index is -1.36. The molecule has 1 N–H and O–H groups in total. The van der Waals surface area contributed by atoms with Gasteiger partial charge in [0.1, 0.15) is 6.54 Å². The zero-order chi connectivity index (χ0) is 20.6. The highest BCUT2D eigenvalue weighted by molar-refractivity contribution is 5.81. The summed E-state index contributed by atoms with van der Waals surface area (Å²) < 4.78 is 6.95. The largest absolute Gasteiger partial charge is 1.00 e. The molecule has 0 bridgehead atoms. The van der Waals surface area contributed by atoms with Crippen LogP contribution in [0.5, 0.6) is 0 Å². The van der Waals surface area contributed by atoms with E-state index in [2.05, 4.69) is 39.0 Å². The number of rotatable bonds is 6. The Morgan fingerprint density at radius 2 is 1.60 bits per heavy atom. The van der Waals surface area contributed by atoms with Crippen molar-refractivity contribution in [3.8, 4) is 11.1 Å². The molecule has 5 heteroatoms. The van der Waals surface area contributed by atoms with E-state index in [1.54, 1.807) is 6.20 Å². The van der Waals surface area contributed by atoms with Gasteiger partial charge in [-0.15, -0.1) is 0 Å². The molecule has 0 saturated heterocycles. The van der Waals surface area contributed by atoms with Crippen LogP contribution in [0.3, 0.4) is 0 Å². The summed E-state index contributed by atoms with van der Waals surface area (Å²) in [6, 6.07) is 15.9. The van der Waals surface area contributed by atoms with Gasteiger partial charge in [-0.25, -0.2) is 4.98 Å². The van der Waals surface area contributed by atoms with Crippen LogP contribution in [0.4, 0.5) is 0 Å². The number of fused-ring (bicyclic) bond motifs is 3. The van der Waals surface area contributed by atoms with Gasteiger partial charge in [0.05, 0.1) is 26.8 Å². The van der Waals surface area contributed by atoms with Crippen LogP contribution < -0.4 is 17.0 Å². The summed E-state index contributed by atoms with van der Waals surface area (Å²) >= 11 is 0. The first-order chi connectivity index (χ1) is 13.8. The topological polar surface area (TPSA) is 46.3 Å². The summed E-state index contributed by atoms with van der Waals surface area (Å²) in [6.07, 6.45) is 5.06. The maximum Gasteiger partial charge on any atom is 0.236 e. The Morgan fingerprint density at radius 3 is 2.17 bits per heavy atom. The van der Waals surface area contributed by atoms with Crippen molar-refractivity contribution in [2.75, 3.05) is 20.6 Å². The van der Waals surface area contributed by atoms with Crippen molar-refractivity contribution in [3.63, 3.8) is 0 Å². The van der Waals surface area contributed by atoms with Gasteiger partial charge in [-0.05, 0) is 25.0 Å². The Morgan fingerprint density at radius 1 is 1.03 bits per heavy atom. The molecule has 0 amide bonds. The Balaban J connectivity index is 0.00000256. The summed E-state index contributed by atoms with van der Waals surface area (Å²) in [5.41, 5.74) is 3.70. The normalized spacial score (nSPS) is 13.9. The van der Waals surface area contributed by atoms with E-state index in [-0.39, 0.29) is 17.0 Å². The number of aromatic nitrogens is 1. The Labute approximate surface area is 189 Å². The lowest BCUT2D eigenvalue weighted by atomic mass is 9.91. The highest BCUT2D eigenvalue weighted by Crippen LogP contribution is 2.50. The van der Waals surface area contributed by atoms with E-state index in [1.807, 2.05) is 48.5 Å². The fourth-order valence-corrected chi connectivity index (χ4v) is 4.19. The van der Waals surface area contributed by atoms with Crippen LogP contribution in [0.25, 0.3) is 11.1 Å². The number of nitrogens with zero attached hydrogens (tertiary/aromatic N) is 2. The van der Waals surface area contributed by atoms with Crippen LogP contribution in [-0.2, 0) is 12.1 Å². The SMILES string of the molecule is CC(C)=CCC[N+](C)(C)Cc1cnc(C2(O)c3ccccc3-c3ccccc32)o1.[Br-]. The zero-order valence-electron chi connectivity index (χ0n) is 18.0. The van der Waals surface area contributed by atoms with Gasteiger partial charge in [-0.1, -0.05) is 60.2 Å². The minimum absolute atomic E-state index is 0. The molecule has 4 rings (SSSR count). The lowest BCUT2D eigenvalue weighted by Crippen LogP contribution is -3.00. The van der Waals surface area contributed by atoms with Crippen LogP contribution in [0.2, 0.25) is 0 Å². The van der Waals surface area contributed by atoms with Crippen LogP contribution >= 0.6 is 0 Å². The maximum absolute atomic E-state index is 11.8. The van der Waals surface area contributed by atoms with Gasteiger partial charge in [0, 0.05) is 17.5 Å². The lowest BCUT2D eigenvalue weighted by Gasteiger charge is -2.28. The maximum atomic E-state index is 11.8. The monoisotopic (exact) mass is 468 g/mol. The first-order valence-corrected chi connectivity index (χ1v) is 10.1. The number of oxazole rings is 1. The predicted octanol–water partition coefficient (Wildman–Crippen LogP) is 1.88. The van der Waals surface area contributed by atoms with E-state index in [0.717, 1.165) is 52.0 Å². The van der Waals surface area contributed by atoms with Gasteiger partial charge in [0.25, 0.3) is 0 Å². The molecule has 30 heavy (non-hydrogen) atoms. The first-order valence-electron chi connectivity index (χ1n) is 10.1.